The molecule has 0 aromatic carbocycles. The summed E-state index contributed by atoms with van der Waals surface area (Å²) < 4.78 is 22.4. The van der Waals surface area contributed by atoms with Crippen LogP contribution in [0.1, 0.15) is 46.5 Å². The zero-order valence-corrected chi connectivity index (χ0v) is 12.4. The third kappa shape index (κ3) is 4.59. The van der Waals surface area contributed by atoms with Gasteiger partial charge in [0.1, 0.15) is 0 Å². The molecule has 4 heteroatoms. The highest BCUT2D eigenvalue weighted by molar-refractivity contribution is 7.92. The van der Waals surface area contributed by atoms with E-state index in [1.165, 1.54) is 31.9 Å². The molecule has 102 valence electrons. The Bertz CT molecular complexity index is 327. The van der Waals surface area contributed by atoms with Gasteiger partial charge in [-0.1, -0.05) is 19.8 Å². The number of hydrogen-bond acceptors (Lipinski definition) is 3. The number of rotatable bonds is 5. The van der Waals surface area contributed by atoms with Gasteiger partial charge in [-0.25, -0.2) is 8.42 Å². The van der Waals surface area contributed by atoms with Crippen LogP contribution in [0, 0.1) is 11.8 Å². The maximum Gasteiger partial charge on any atom is 0.153 e. The Labute approximate surface area is 106 Å². The zero-order chi connectivity index (χ0) is 13.1. The number of sulfone groups is 1. The predicted molar refractivity (Wildman–Crippen MR) is 72.9 cm³/mol. The molecule has 0 aliphatic heterocycles. The van der Waals surface area contributed by atoms with Crippen molar-refractivity contribution in [2.24, 2.45) is 11.8 Å². The molecule has 0 unspecified atom stereocenters. The van der Waals surface area contributed by atoms with Gasteiger partial charge in [0, 0.05) is 12.8 Å². The molecule has 1 aliphatic rings. The topological polar surface area (TPSA) is 46.2 Å². The number of nitrogens with one attached hydrogen (secondary N) is 1. The van der Waals surface area contributed by atoms with Crippen molar-refractivity contribution >= 4 is 9.84 Å². The van der Waals surface area contributed by atoms with E-state index in [1.807, 2.05) is 0 Å². The lowest BCUT2D eigenvalue weighted by Gasteiger charge is -2.28. The molecule has 0 bridgehead atoms. The lowest BCUT2D eigenvalue weighted by Crippen LogP contribution is -2.43. The Morgan fingerprint density at radius 1 is 1.18 bits per heavy atom. The molecule has 1 rings (SSSR count). The van der Waals surface area contributed by atoms with Crippen LogP contribution in [0.5, 0.6) is 0 Å². The summed E-state index contributed by atoms with van der Waals surface area (Å²) in [6.45, 7) is 7.41. The molecular formula is C13H27NO2S. The van der Waals surface area contributed by atoms with Crippen LogP contribution in [0.25, 0.3) is 0 Å². The van der Waals surface area contributed by atoms with Crippen molar-refractivity contribution in [1.82, 2.24) is 5.32 Å². The van der Waals surface area contributed by atoms with Crippen LogP contribution in [-0.4, -0.2) is 32.5 Å². The van der Waals surface area contributed by atoms with Gasteiger partial charge in [-0.15, -0.1) is 0 Å². The summed E-state index contributed by atoms with van der Waals surface area (Å²) in [5.74, 6) is 1.61. The normalized spacial score (nSPS) is 27.1. The third-order valence-corrected chi connectivity index (χ3v) is 6.27. The molecule has 1 fully saturated rings. The first kappa shape index (κ1) is 15.0. The molecule has 3 nitrogen and oxygen atoms in total. The highest BCUT2D eigenvalue weighted by atomic mass is 32.2. The van der Waals surface area contributed by atoms with E-state index in [9.17, 15) is 8.42 Å². The second kappa shape index (κ2) is 5.70. The SMILES string of the molecule is CC1CCC(CNCC(C)(C)S(C)(=O)=O)CC1. The van der Waals surface area contributed by atoms with Crippen molar-refractivity contribution in [3.8, 4) is 0 Å². The average Bonchev–Trinajstić information content (AvgIpc) is 2.19. The summed E-state index contributed by atoms with van der Waals surface area (Å²) in [6.07, 6.45) is 6.53. The molecule has 1 N–H and O–H groups in total. The highest BCUT2D eigenvalue weighted by Crippen LogP contribution is 2.27. The minimum Gasteiger partial charge on any atom is -0.315 e. The lowest BCUT2D eigenvalue weighted by molar-refractivity contribution is 0.280. The molecule has 0 saturated heterocycles. The van der Waals surface area contributed by atoms with Crippen LogP contribution < -0.4 is 5.32 Å². The monoisotopic (exact) mass is 261 g/mol. The summed E-state index contributed by atoms with van der Waals surface area (Å²) >= 11 is 0. The fraction of sp³-hybridized carbons (Fsp3) is 1.00. The maximum atomic E-state index is 11.5. The van der Waals surface area contributed by atoms with E-state index >= 15 is 0 Å². The van der Waals surface area contributed by atoms with Gasteiger partial charge in [-0.2, -0.15) is 0 Å². The van der Waals surface area contributed by atoms with E-state index in [4.69, 9.17) is 0 Å². The van der Waals surface area contributed by atoms with Crippen LogP contribution >= 0.6 is 0 Å². The second-order valence-electron chi connectivity index (χ2n) is 6.29. The molecule has 0 heterocycles. The molecule has 0 atom stereocenters. The lowest BCUT2D eigenvalue weighted by atomic mass is 9.83. The Morgan fingerprint density at radius 3 is 2.18 bits per heavy atom. The smallest absolute Gasteiger partial charge is 0.153 e. The molecule has 1 aliphatic carbocycles. The molecule has 0 aromatic rings. The van der Waals surface area contributed by atoms with Crippen LogP contribution in [-0.2, 0) is 9.84 Å². The quantitative estimate of drug-likeness (QED) is 0.825. The Balaban J connectivity index is 2.29. The van der Waals surface area contributed by atoms with Gasteiger partial charge in [-0.3, -0.25) is 0 Å². The summed E-state index contributed by atoms with van der Waals surface area (Å²) in [4.78, 5) is 0. The largest absolute Gasteiger partial charge is 0.315 e. The van der Waals surface area contributed by atoms with Crippen LogP contribution in [0.4, 0.5) is 0 Å². The molecule has 0 amide bonds. The van der Waals surface area contributed by atoms with Gasteiger partial charge in [0.2, 0.25) is 0 Å². The molecule has 0 aromatic heterocycles. The first-order valence-electron chi connectivity index (χ1n) is 6.62. The fourth-order valence-corrected chi connectivity index (χ4v) is 2.61. The van der Waals surface area contributed by atoms with Crippen molar-refractivity contribution in [2.75, 3.05) is 19.3 Å². The minimum atomic E-state index is -2.98. The molecule has 1 saturated carbocycles. The van der Waals surface area contributed by atoms with E-state index in [1.54, 1.807) is 13.8 Å². The van der Waals surface area contributed by atoms with Gasteiger partial charge in [0.15, 0.2) is 9.84 Å². The van der Waals surface area contributed by atoms with Crippen molar-refractivity contribution in [3.63, 3.8) is 0 Å². The van der Waals surface area contributed by atoms with Crippen molar-refractivity contribution < 1.29 is 8.42 Å². The zero-order valence-electron chi connectivity index (χ0n) is 11.6. The van der Waals surface area contributed by atoms with Crippen molar-refractivity contribution in [1.29, 1.82) is 0 Å². The van der Waals surface area contributed by atoms with E-state index in [-0.39, 0.29) is 0 Å². The van der Waals surface area contributed by atoms with Crippen molar-refractivity contribution in [2.45, 2.75) is 51.2 Å². The fourth-order valence-electron chi connectivity index (χ4n) is 2.24. The van der Waals surface area contributed by atoms with Gasteiger partial charge in [0.05, 0.1) is 4.75 Å². The van der Waals surface area contributed by atoms with E-state index in [0.717, 1.165) is 18.4 Å². The van der Waals surface area contributed by atoms with E-state index in [2.05, 4.69) is 12.2 Å². The Kier molecular flexibility index (Phi) is 5.02. The van der Waals surface area contributed by atoms with Crippen LogP contribution in [0.15, 0.2) is 0 Å². The predicted octanol–water partition coefficient (Wildman–Crippen LogP) is 2.23. The van der Waals surface area contributed by atoms with E-state index in [0.29, 0.717) is 6.54 Å². The molecule has 0 spiro atoms. The first-order valence-corrected chi connectivity index (χ1v) is 8.52. The number of hydrogen-bond donors (Lipinski definition) is 1. The molecule has 17 heavy (non-hydrogen) atoms. The van der Waals surface area contributed by atoms with Gasteiger partial charge in [0.25, 0.3) is 0 Å². The van der Waals surface area contributed by atoms with Crippen LogP contribution in [0.3, 0.4) is 0 Å². The summed E-state index contributed by atoms with van der Waals surface area (Å²) in [7, 11) is -2.98. The molecular weight excluding hydrogens is 234 g/mol. The van der Waals surface area contributed by atoms with E-state index < -0.39 is 14.6 Å². The standard InChI is InChI=1S/C13H27NO2S/c1-11-5-7-12(8-6-11)9-14-10-13(2,3)17(4,15)16/h11-12,14H,5-10H2,1-4H3. The van der Waals surface area contributed by atoms with Crippen LogP contribution in [0.2, 0.25) is 0 Å². The van der Waals surface area contributed by atoms with Gasteiger partial charge in [-0.05, 0) is 45.1 Å². The second-order valence-corrected chi connectivity index (χ2v) is 8.94. The third-order valence-electron chi connectivity index (χ3n) is 4.12. The van der Waals surface area contributed by atoms with Gasteiger partial charge >= 0.3 is 0 Å². The van der Waals surface area contributed by atoms with Gasteiger partial charge < -0.3 is 5.32 Å². The summed E-state index contributed by atoms with van der Waals surface area (Å²) in [6, 6.07) is 0. The Morgan fingerprint density at radius 2 is 1.71 bits per heavy atom. The maximum absolute atomic E-state index is 11.5. The summed E-state index contributed by atoms with van der Waals surface area (Å²) in [5, 5.41) is 3.34. The first-order chi connectivity index (χ1) is 7.72. The summed E-state index contributed by atoms with van der Waals surface area (Å²) in [5.41, 5.74) is 0. The Hall–Kier alpha value is -0.0900. The molecule has 0 radical (unpaired) electrons. The highest BCUT2D eigenvalue weighted by Gasteiger charge is 2.30. The van der Waals surface area contributed by atoms with Crippen molar-refractivity contribution in [3.05, 3.63) is 0 Å². The minimum absolute atomic E-state index is 0.553. The average molecular weight is 261 g/mol.